The number of hydrogen-bond acceptors (Lipinski definition) is 4. The maximum absolute atomic E-state index is 12.2. The number of nitrogens with one attached hydrogen (secondary N) is 1. The summed E-state index contributed by atoms with van der Waals surface area (Å²) in [6, 6.07) is 7.27. The molecule has 0 bridgehead atoms. The molecule has 1 aromatic carbocycles. The summed E-state index contributed by atoms with van der Waals surface area (Å²) in [5.74, 6) is -0.392. The Labute approximate surface area is 137 Å². The zero-order valence-corrected chi connectivity index (χ0v) is 14.1. The van der Waals surface area contributed by atoms with Crippen LogP contribution in [-0.4, -0.2) is 42.1 Å². The highest BCUT2D eigenvalue weighted by atomic mass is 16.6. The number of likely N-dealkylation sites (N-methyl/N-ethyl adjacent to an activating group) is 1. The van der Waals surface area contributed by atoms with Crippen LogP contribution in [0.5, 0.6) is 0 Å². The summed E-state index contributed by atoms with van der Waals surface area (Å²) in [5, 5.41) is 3.31. The molecule has 6 nitrogen and oxygen atoms in total. The van der Waals surface area contributed by atoms with Gasteiger partial charge in [-0.05, 0) is 38.8 Å². The molecule has 1 aliphatic rings. The van der Waals surface area contributed by atoms with Gasteiger partial charge in [-0.2, -0.15) is 0 Å². The molecule has 1 aliphatic heterocycles. The predicted molar refractivity (Wildman–Crippen MR) is 89.3 cm³/mol. The van der Waals surface area contributed by atoms with Crippen molar-refractivity contribution >= 4 is 17.7 Å². The lowest BCUT2D eigenvalue weighted by Crippen LogP contribution is -2.48. The maximum atomic E-state index is 12.2. The average Bonchev–Trinajstić information content (AvgIpc) is 2.85. The van der Waals surface area contributed by atoms with Crippen molar-refractivity contribution in [1.29, 1.82) is 0 Å². The van der Waals surface area contributed by atoms with E-state index in [0.29, 0.717) is 6.42 Å². The van der Waals surface area contributed by atoms with Crippen LogP contribution in [0.15, 0.2) is 24.3 Å². The topological polar surface area (TPSA) is 84.7 Å². The summed E-state index contributed by atoms with van der Waals surface area (Å²) < 4.78 is 5.33. The monoisotopic (exact) mass is 319 g/mol. The highest BCUT2D eigenvalue weighted by Crippen LogP contribution is 2.34. The van der Waals surface area contributed by atoms with Gasteiger partial charge in [0, 0.05) is 25.2 Å². The number of nitrogens with two attached hydrogens (primary N) is 1. The molecule has 3 N–H and O–H groups in total. The Kier molecular flexibility index (Phi) is 4.82. The highest BCUT2D eigenvalue weighted by molar-refractivity contribution is 5.84. The van der Waals surface area contributed by atoms with Crippen molar-refractivity contribution in [3.05, 3.63) is 29.8 Å². The van der Waals surface area contributed by atoms with E-state index in [9.17, 15) is 9.59 Å². The van der Waals surface area contributed by atoms with Crippen LogP contribution in [0.25, 0.3) is 0 Å². The number of carbonyl (C=O) groups is 2. The predicted octanol–water partition coefficient (Wildman–Crippen LogP) is 2.31. The number of primary amides is 1. The van der Waals surface area contributed by atoms with Crippen molar-refractivity contribution < 1.29 is 14.3 Å². The van der Waals surface area contributed by atoms with Crippen molar-refractivity contribution in [3.63, 3.8) is 0 Å². The third kappa shape index (κ3) is 4.15. The van der Waals surface area contributed by atoms with E-state index in [4.69, 9.17) is 10.5 Å². The van der Waals surface area contributed by atoms with Gasteiger partial charge >= 0.3 is 6.09 Å². The van der Waals surface area contributed by atoms with Crippen LogP contribution < -0.4 is 11.1 Å². The number of carbonyl (C=O) groups excluding carboxylic acids is 2. The second kappa shape index (κ2) is 6.48. The molecular formula is C17H25N3O3. The van der Waals surface area contributed by atoms with E-state index in [1.807, 2.05) is 24.3 Å². The number of ether oxygens (including phenoxy) is 1. The summed E-state index contributed by atoms with van der Waals surface area (Å²) >= 11 is 0. The van der Waals surface area contributed by atoms with Gasteiger partial charge in [-0.25, -0.2) is 4.79 Å². The molecule has 1 heterocycles. The Morgan fingerprint density at radius 1 is 1.39 bits per heavy atom. The van der Waals surface area contributed by atoms with E-state index in [-0.39, 0.29) is 5.92 Å². The van der Waals surface area contributed by atoms with E-state index < -0.39 is 23.6 Å². The largest absolute Gasteiger partial charge is 0.444 e. The van der Waals surface area contributed by atoms with Crippen LogP contribution in [0.1, 0.15) is 38.7 Å². The Hall–Kier alpha value is -2.24. The molecule has 1 aromatic rings. The summed E-state index contributed by atoms with van der Waals surface area (Å²) in [4.78, 5) is 25.4. The number of hydrogen-bond donors (Lipinski definition) is 2. The van der Waals surface area contributed by atoms with E-state index in [2.05, 4.69) is 5.32 Å². The van der Waals surface area contributed by atoms with Gasteiger partial charge in [-0.3, -0.25) is 9.69 Å². The van der Waals surface area contributed by atoms with Gasteiger partial charge in [0.1, 0.15) is 11.6 Å². The minimum Gasteiger partial charge on any atom is -0.444 e. The molecule has 0 aliphatic carbocycles. The van der Waals surface area contributed by atoms with Crippen molar-refractivity contribution in [2.24, 2.45) is 5.73 Å². The first kappa shape index (κ1) is 17.1. The first-order valence-electron chi connectivity index (χ1n) is 7.77. The van der Waals surface area contributed by atoms with Crippen LogP contribution in [0.2, 0.25) is 0 Å². The molecular weight excluding hydrogens is 294 g/mol. The number of nitrogens with zero attached hydrogens (tertiary/aromatic N) is 1. The lowest BCUT2D eigenvalue weighted by atomic mass is 9.93. The van der Waals surface area contributed by atoms with E-state index in [1.165, 1.54) is 4.90 Å². The fourth-order valence-electron chi connectivity index (χ4n) is 2.76. The summed E-state index contributed by atoms with van der Waals surface area (Å²) in [6.07, 6.45) is -0.0738. The molecule has 0 saturated heterocycles. The Morgan fingerprint density at radius 2 is 2.04 bits per heavy atom. The fourth-order valence-corrected chi connectivity index (χ4v) is 2.76. The minimum absolute atomic E-state index is 0.133. The first-order chi connectivity index (χ1) is 10.7. The van der Waals surface area contributed by atoms with Gasteiger partial charge in [0.05, 0.1) is 0 Å². The van der Waals surface area contributed by atoms with Crippen molar-refractivity contribution in [3.8, 4) is 0 Å². The molecule has 6 heteroatoms. The van der Waals surface area contributed by atoms with Crippen LogP contribution >= 0.6 is 0 Å². The third-order valence-electron chi connectivity index (χ3n) is 3.92. The number of amides is 2. The van der Waals surface area contributed by atoms with E-state index >= 15 is 0 Å². The Bertz CT molecular complexity index is 595. The quantitative estimate of drug-likeness (QED) is 0.892. The van der Waals surface area contributed by atoms with E-state index in [0.717, 1.165) is 17.8 Å². The Balaban J connectivity index is 2.11. The van der Waals surface area contributed by atoms with Gasteiger partial charge in [-0.15, -0.1) is 0 Å². The zero-order chi connectivity index (χ0) is 17.2. The zero-order valence-electron chi connectivity index (χ0n) is 14.1. The number of para-hydroxylation sites is 1. The molecule has 2 amide bonds. The Morgan fingerprint density at radius 3 is 2.65 bits per heavy atom. The van der Waals surface area contributed by atoms with Crippen molar-refractivity contribution in [2.75, 3.05) is 18.9 Å². The SMILES string of the molecule is CN(C(=O)OC(C)(C)C)[C@@H](C[C@H]1CNc2ccccc21)C(N)=O. The molecule has 126 valence electrons. The number of rotatable bonds is 4. The van der Waals surface area contributed by atoms with E-state index in [1.54, 1.807) is 27.8 Å². The molecule has 0 spiro atoms. The molecule has 0 saturated carbocycles. The number of benzene rings is 1. The van der Waals surface area contributed by atoms with Gasteiger partial charge < -0.3 is 15.8 Å². The maximum Gasteiger partial charge on any atom is 0.410 e. The molecule has 0 radical (unpaired) electrons. The minimum atomic E-state index is -0.706. The molecule has 0 unspecified atom stereocenters. The molecule has 2 rings (SSSR count). The van der Waals surface area contributed by atoms with Crippen molar-refractivity contribution in [2.45, 2.75) is 44.8 Å². The second-order valence-corrected chi connectivity index (χ2v) is 6.91. The number of anilines is 1. The normalized spacial score (nSPS) is 17.8. The van der Waals surface area contributed by atoms with Crippen LogP contribution in [-0.2, 0) is 9.53 Å². The lowest BCUT2D eigenvalue weighted by Gasteiger charge is -2.30. The summed E-state index contributed by atoms with van der Waals surface area (Å²) in [5.41, 5.74) is 7.13. The van der Waals surface area contributed by atoms with Gasteiger partial charge in [0.15, 0.2) is 0 Å². The van der Waals surface area contributed by atoms with Gasteiger partial charge in [-0.1, -0.05) is 18.2 Å². The van der Waals surface area contributed by atoms with Crippen LogP contribution in [0.4, 0.5) is 10.5 Å². The first-order valence-corrected chi connectivity index (χ1v) is 7.77. The molecule has 0 fully saturated rings. The van der Waals surface area contributed by atoms with Crippen LogP contribution in [0.3, 0.4) is 0 Å². The number of fused-ring (bicyclic) bond motifs is 1. The third-order valence-corrected chi connectivity index (χ3v) is 3.92. The molecule has 2 atom stereocenters. The smallest absolute Gasteiger partial charge is 0.410 e. The van der Waals surface area contributed by atoms with Gasteiger partial charge in [0.2, 0.25) is 5.91 Å². The standard InChI is InChI=1S/C17H25N3O3/c1-17(2,3)23-16(22)20(4)14(15(18)21)9-11-10-19-13-8-6-5-7-12(11)13/h5-8,11,14,19H,9-10H2,1-4H3,(H2,18,21)/t11-,14-/m0/s1. The second-order valence-electron chi connectivity index (χ2n) is 6.91. The highest BCUT2D eigenvalue weighted by Gasteiger charge is 2.33. The fraction of sp³-hybridized carbons (Fsp3) is 0.529. The lowest BCUT2D eigenvalue weighted by molar-refractivity contribution is -0.123. The van der Waals surface area contributed by atoms with Gasteiger partial charge in [0.25, 0.3) is 0 Å². The molecule has 0 aromatic heterocycles. The summed E-state index contributed by atoms with van der Waals surface area (Å²) in [6.45, 7) is 6.09. The average molecular weight is 319 g/mol. The summed E-state index contributed by atoms with van der Waals surface area (Å²) in [7, 11) is 1.55. The van der Waals surface area contributed by atoms with Crippen molar-refractivity contribution in [1.82, 2.24) is 4.90 Å². The van der Waals surface area contributed by atoms with Crippen LogP contribution in [0, 0.1) is 0 Å². The molecule has 23 heavy (non-hydrogen) atoms.